The van der Waals surface area contributed by atoms with Crippen LogP contribution in [-0.2, 0) is 46.9 Å². The summed E-state index contributed by atoms with van der Waals surface area (Å²) in [6, 6.07) is 0. The summed E-state index contributed by atoms with van der Waals surface area (Å²) in [7, 11) is 0. The molecule has 17 heteroatoms. The van der Waals surface area contributed by atoms with E-state index in [9.17, 15) is 28.8 Å². The van der Waals surface area contributed by atoms with Crippen molar-refractivity contribution in [3.63, 3.8) is 0 Å². The molecule has 2 heterocycles. The SMILES string of the molecule is CCCCC1=C(CC(C)S)C(=O)[O][Sb]([O]C(=O)/C(CCCC)=C(/CC(C)S)C(=O)[O][Sb]2[O]C(=O)C(CCCC)=C(CC(C)S)C(=O)[O]2)[O]C1=O. The Hall–Kier alpha value is -1.27. The predicted octanol–water partition coefficient (Wildman–Crippen LogP) is 5.83. The van der Waals surface area contributed by atoms with Gasteiger partial charge in [0.15, 0.2) is 0 Å². The Bertz CT molecular complexity index is 1370. The van der Waals surface area contributed by atoms with Crippen LogP contribution in [0.2, 0.25) is 0 Å². The molecule has 0 aliphatic carbocycles. The van der Waals surface area contributed by atoms with Gasteiger partial charge in [-0.3, -0.25) is 0 Å². The third kappa shape index (κ3) is 14.3. The van der Waals surface area contributed by atoms with Crippen molar-refractivity contribution in [2.45, 2.75) is 134 Å². The van der Waals surface area contributed by atoms with Crippen molar-refractivity contribution < 1.29 is 46.9 Å². The minimum absolute atomic E-state index is 0.0579. The van der Waals surface area contributed by atoms with Gasteiger partial charge in [-0.1, -0.05) is 0 Å². The standard InChI is InChI=1S/3C11H18O4S.2Sb/c3*1-3-4-5-8(10(12)13)9(11(14)15)6-7(2)16;;/h3*7,16H,3-6H2,1-2H3,(H,12,13)(H,14,15);;/q;;;2*+3/p-6/b9-8-;;;;. The topological polar surface area (TPSA) is 158 Å². The average molecular weight is 976 g/mol. The molecule has 0 fully saturated rings. The van der Waals surface area contributed by atoms with Crippen molar-refractivity contribution in [3.8, 4) is 0 Å². The molecule has 0 N–H and O–H groups in total. The molecule has 0 saturated carbocycles. The van der Waals surface area contributed by atoms with E-state index in [0.29, 0.717) is 25.7 Å². The van der Waals surface area contributed by atoms with Gasteiger partial charge in [0.05, 0.1) is 0 Å². The Labute approximate surface area is 328 Å². The summed E-state index contributed by atoms with van der Waals surface area (Å²) in [6.07, 6.45) is 4.72. The second-order valence-electron chi connectivity index (χ2n) is 12.1. The van der Waals surface area contributed by atoms with Gasteiger partial charge >= 0.3 is 331 Å². The molecular formula is C33H48O12S3Sb2. The van der Waals surface area contributed by atoms with Gasteiger partial charge in [-0.2, -0.15) is 0 Å². The van der Waals surface area contributed by atoms with Crippen LogP contribution in [0.15, 0.2) is 33.4 Å². The van der Waals surface area contributed by atoms with E-state index in [1.807, 2.05) is 20.8 Å². The van der Waals surface area contributed by atoms with E-state index in [1.165, 1.54) is 0 Å². The van der Waals surface area contributed by atoms with Crippen LogP contribution in [0.1, 0.15) is 119 Å². The first-order chi connectivity index (χ1) is 23.6. The molecule has 3 atom stereocenters. The maximum atomic E-state index is 13.8. The van der Waals surface area contributed by atoms with Crippen molar-refractivity contribution in [2.24, 2.45) is 0 Å². The van der Waals surface area contributed by atoms with Gasteiger partial charge in [0.1, 0.15) is 0 Å². The van der Waals surface area contributed by atoms with Gasteiger partial charge in [-0.15, -0.1) is 0 Å². The van der Waals surface area contributed by atoms with Crippen LogP contribution < -0.4 is 0 Å². The van der Waals surface area contributed by atoms with Gasteiger partial charge in [0.25, 0.3) is 0 Å². The zero-order chi connectivity index (χ0) is 37.5. The molecule has 280 valence electrons. The Balaban J connectivity index is 2.43. The molecular weight excluding hydrogens is 928 g/mol. The van der Waals surface area contributed by atoms with Gasteiger partial charge in [-0.25, -0.2) is 0 Å². The summed E-state index contributed by atoms with van der Waals surface area (Å²) in [5, 5.41) is -0.980. The van der Waals surface area contributed by atoms with E-state index in [4.69, 9.17) is 18.1 Å². The normalized spacial score (nSPS) is 18.6. The summed E-state index contributed by atoms with van der Waals surface area (Å²) in [5.41, 5.74) is 0.400. The van der Waals surface area contributed by atoms with Crippen LogP contribution >= 0.6 is 37.9 Å². The number of carbonyl (C=O) groups excluding carboxylic acids is 6. The van der Waals surface area contributed by atoms with Gasteiger partial charge in [0, 0.05) is 0 Å². The third-order valence-corrected chi connectivity index (χ3v) is 13.3. The Morgan fingerprint density at radius 2 is 0.940 bits per heavy atom. The minimum atomic E-state index is -4.32. The molecule has 2 aliphatic heterocycles. The molecule has 50 heavy (non-hydrogen) atoms. The second-order valence-corrected chi connectivity index (χ2v) is 20.4. The first kappa shape index (κ1) is 44.9. The van der Waals surface area contributed by atoms with Gasteiger partial charge < -0.3 is 0 Å². The molecule has 0 amide bonds. The Morgan fingerprint density at radius 1 is 0.580 bits per heavy atom. The van der Waals surface area contributed by atoms with E-state index in [2.05, 4.69) is 37.9 Å². The first-order valence-corrected chi connectivity index (χ1v) is 24.6. The molecule has 3 unspecified atom stereocenters. The van der Waals surface area contributed by atoms with Gasteiger partial charge in [0.2, 0.25) is 0 Å². The molecule has 0 spiro atoms. The quantitative estimate of drug-likeness (QED) is 0.0811. The number of hydrogen-bond donors (Lipinski definition) is 3. The Morgan fingerprint density at radius 3 is 1.28 bits per heavy atom. The van der Waals surface area contributed by atoms with Crippen LogP contribution in [0.25, 0.3) is 0 Å². The van der Waals surface area contributed by atoms with Crippen molar-refractivity contribution in [1.29, 1.82) is 0 Å². The molecule has 2 aliphatic rings. The van der Waals surface area contributed by atoms with E-state index in [-0.39, 0.29) is 82.5 Å². The fourth-order valence-corrected chi connectivity index (χ4v) is 10.3. The Kier molecular flexibility index (Phi) is 20.4. The summed E-state index contributed by atoms with van der Waals surface area (Å²) in [4.78, 5) is 80.3. The van der Waals surface area contributed by atoms with Crippen LogP contribution in [0.5, 0.6) is 0 Å². The van der Waals surface area contributed by atoms with Crippen LogP contribution in [-0.4, -0.2) is 94.5 Å². The third-order valence-electron chi connectivity index (χ3n) is 7.36. The average Bonchev–Trinajstić information content (AvgIpc) is 3.19. The van der Waals surface area contributed by atoms with E-state index in [1.54, 1.807) is 20.8 Å². The van der Waals surface area contributed by atoms with Crippen molar-refractivity contribution >= 4 is 117 Å². The molecule has 2 rings (SSSR count). The van der Waals surface area contributed by atoms with E-state index in [0.717, 1.165) is 12.8 Å². The van der Waals surface area contributed by atoms with E-state index < -0.39 is 84.0 Å². The zero-order valence-electron chi connectivity index (χ0n) is 29.4. The predicted molar refractivity (Wildman–Crippen MR) is 197 cm³/mol. The molecule has 12 nitrogen and oxygen atoms in total. The van der Waals surface area contributed by atoms with E-state index >= 15 is 0 Å². The number of thiol groups is 3. The fraction of sp³-hybridized carbons (Fsp3) is 0.636. The fourth-order valence-electron chi connectivity index (χ4n) is 4.91. The zero-order valence-corrected chi connectivity index (χ0v) is 37.1. The van der Waals surface area contributed by atoms with Crippen LogP contribution in [0.4, 0.5) is 0 Å². The summed E-state index contributed by atoms with van der Waals surface area (Å²) >= 11 is 4.55. The maximum absolute atomic E-state index is 13.8. The van der Waals surface area contributed by atoms with Crippen molar-refractivity contribution in [1.82, 2.24) is 0 Å². The monoisotopic (exact) mass is 974 g/mol. The van der Waals surface area contributed by atoms with Crippen molar-refractivity contribution in [3.05, 3.63) is 33.4 Å². The molecule has 0 bridgehead atoms. The first-order valence-electron chi connectivity index (χ1n) is 16.8. The molecule has 0 radical (unpaired) electrons. The molecule has 0 saturated heterocycles. The van der Waals surface area contributed by atoms with Crippen LogP contribution in [0.3, 0.4) is 0 Å². The number of unbranched alkanes of at least 4 members (excludes halogenated alkanes) is 3. The summed E-state index contributed by atoms with van der Waals surface area (Å²) < 4.78 is 33.1. The van der Waals surface area contributed by atoms with Crippen molar-refractivity contribution in [2.75, 3.05) is 0 Å². The van der Waals surface area contributed by atoms with Gasteiger partial charge in [-0.05, 0) is 0 Å². The molecule has 0 aromatic heterocycles. The number of hydrogen-bond acceptors (Lipinski definition) is 15. The molecule has 0 aromatic rings. The summed E-state index contributed by atoms with van der Waals surface area (Å²) in [6.45, 7) is 11.0. The molecule has 0 aromatic carbocycles. The number of rotatable bonds is 19. The van der Waals surface area contributed by atoms with Crippen LogP contribution in [0, 0.1) is 0 Å². The second kappa shape index (κ2) is 22.7. The number of carbonyl (C=O) groups is 6. The summed E-state index contributed by atoms with van der Waals surface area (Å²) in [5.74, 6) is -5.22.